The third-order valence-corrected chi connectivity index (χ3v) is 5.36. The van der Waals surface area contributed by atoms with E-state index in [0.29, 0.717) is 29.2 Å². The third-order valence-electron chi connectivity index (χ3n) is 3.97. The number of hydrogen-bond acceptors (Lipinski definition) is 6. The number of nitrogens with one attached hydrogen (secondary N) is 1. The van der Waals surface area contributed by atoms with Crippen molar-refractivity contribution in [3.63, 3.8) is 0 Å². The molecule has 0 aliphatic carbocycles. The molecule has 1 amide bonds. The lowest BCUT2D eigenvalue weighted by Crippen LogP contribution is -2.25. The van der Waals surface area contributed by atoms with Crippen LogP contribution >= 0.6 is 12.2 Å². The van der Waals surface area contributed by atoms with Gasteiger partial charge in [-0.2, -0.15) is 0 Å². The van der Waals surface area contributed by atoms with E-state index in [0.717, 1.165) is 0 Å². The van der Waals surface area contributed by atoms with Crippen LogP contribution in [-0.2, 0) is 14.8 Å². The summed E-state index contributed by atoms with van der Waals surface area (Å²) in [5.41, 5.74) is 1.63. The predicted octanol–water partition coefficient (Wildman–Crippen LogP) is 1.52. The van der Waals surface area contributed by atoms with Gasteiger partial charge in [0, 0.05) is 18.7 Å². The SMILES string of the molecule is Cc1cc(N2CC(c3n[nH]c(=S)o3)CC2=O)cc(C)c1S(N)(=O)=O. The molecule has 24 heavy (non-hydrogen) atoms. The van der Waals surface area contributed by atoms with Crippen LogP contribution in [0.25, 0.3) is 0 Å². The zero-order valence-corrected chi connectivity index (χ0v) is 14.7. The lowest BCUT2D eigenvalue weighted by Gasteiger charge is -2.19. The summed E-state index contributed by atoms with van der Waals surface area (Å²) < 4.78 is 28.6. The maximum Gasteiger partial charge on any atom is 0.284 e. The number of amides is 1. The second kappa shape index (κ2) is 5.80. The van der Waals surface area contributed by atoms with E-state index in [1.165, 1.54) is 0 Å². The molecule has 1 atom stereocenters. The van der Waals surface area contributed by atoms with Crippen LogP contribution in [-0.4, -0.2) is 31.1 Å². The van der Waals surface area contributed by atoms with Crippen molar-refractivity contribution in [2.24, 2.45) is 5.14 Å². The van der Waals surface area contributed by atoms with Crippen LogP contribution in [0.4, 0.5) is 5.69 Å². The Kier molecular flexibility index (Phi) is 4.06. The highest BCUT2D eigenvalue weighted by Crippen LogP contribution is 2.33. The van der Waals surface area contributed by atoms with E-state index in [-0.39, 0.29) is 28.0 Å². The number of H-pyrrole nitrogens is 1. The average molecular weight is 368 g/mol. The van der Waals surface area contributed by atoms with E-state index in [9.17, 15) is 13.2 Å². The summed E-state index contributed by atoms with van der Waals surface area (Å²) in [5, 5.41) is 11.8. The molecule has 2 aromatic rings. The van der Waals surface area contributed by atoms with Gasteiger partial charge in [-0.05, 0) is 49.3 Å². The molecule has 0 radical (unpaired) electrons. The first-order valence-electron chi connectivity index (χ1n) is 7.16. The summed E-state index contributed by atoms with van der Waals surface area (Å²) in [6.07, 6.45) is 0.248. The summed E-state index contributed by atoms with van der Waals surface area (Å²) >= 11 is 4.85. The molecule has 1 saturated heterocycles. The molecule has 1 aliphatic heterocycles. The van der Waals surface area contributed by atoms with Crippen molar-refractivity contribution in [1.29, 1.82) is 0 Å². The Hall–Kier alpha value is -2.04. The largest absolute Gasteiger partial charge is 0.414 e. The van der Waals surface area contributed by atoms with Crippen LogP contribution in [0.3, 0.4) is 0 Å². The van der Waals surface area contributed by atoms with Crippen LogP contribution in [0, 0.1) is 18.7 Å². The fourth-order valence-corrected chi connectivity index (χ4v) is 4.22. The Morgan fingerprint density at radius 3 is 2.50 bits per heavy atom. The molecule has 10 heteroatoms. The van der Waals surface area contributed by atoms with Crippen LogP contribution in [0.5, 0.6) is 0 Å². The van der Waals surface area contributed by atoms with Gasteiger partial charge in [-0.25, -0.2) is 18.7 Å². The molecule has 3 N–H and O–H groups in total. The van der Waals surface area contributed by atoms with Gasteiger partial charge < -0.3 is 9.32 Å². The number of primary sulfonamides is 1. The van der Waals surface area contributed by atoms with Crippen LogP contribution in [0.2, 0.25) is 0 Å². The van der Waals surface area contributed by atoms with Crippen LogP contribution in [0.1, 0.15) is 29.4 Å². The van der Waals surface area contributed by atoms with Gasteiger partial charge >= 0.3 is 0 Å². The molecule has 2 heterocycles. The average Bonchev–Trinajstić information content (AvgIpc) is 3.02. The summed E-state index contributed by atoms with van der Waals surface area (Å²) in [7, 11) is -3.81. The number of benzene rings is 1. The topological polar surface area (TPSA) is 122 Å². The Morgan fingerprint density at radius 1 is 1.38 bits per heavy atom. The predicted molar refractivity (Wildman–Crippen MR) is 88.7 cm³/mol. The maximum atomic E-state index is 12.3. The van der Waals surface area contributed by atoms with E-state index in [4.69, 9.17) is 21.8 Å². The Bertz CT molecular complexity index is 954. The van der Waals surface area contributed by atoms with E-state index >= 15 is 0 Å². The zero-order chi connectivity index (χ0) is 17.6. The minimum Gasteiger partial charge on any atom is -0.414 e. The molecule has 1 fully saturated rings. The number of carbonyl (C=O) groups excluding carboxylic acids is 1. The highest BCUT2D eigenvalue weighted by atomic mass is 32.2. The van der Waals surface area contributed by atoms with Crippen molar-refractivity contribution in [3.8, 4) is 0 Å². The van der Waals surface area contributed by atoms with Gasteiger partial charge in [-0.15, -0.1) is 5.10 Å². The van der Waals surface area contributed by atoms with E-state index < -0.39 is 10.0 Å². The van der Waals surface area contributed by atoms with Gasteiger partial charge in [-0.3, -0.25) is 4.79 Å². The van der Waals surface area contributed by atoms with Gasteiger partial charge in [0.25, 0.3) is 4.84 Å². The van der Waals surface area contributed by atoms with Crippen molar-refractivity contribution in [1.82, 2.24) is 10.2 Å². The zero-order valence-electron chi connectivity index (χ0n) is 13.1. The van der Waals surface area contributed by atoms with Gasteiger partial charge in [0.2, 0.25) is 21.8 Å². The van der Waals surface area contributed by atoms with E-state index in [2.05, 4.69) is 10.2 Å². The summed E-state index contributed by atoms with van der Waals surface area (Å²) in [6.45, 7) is 3.69. The molecule has 1 unspecified atom stereocenters. The van der Waals surface area contributed by atoms with Gasteiger partial charge in [0.15, 0.2) is 0 Å². The molecular formula is C14H16N4O4S2. The van der Waals surface area contributed by atoms with E-state index in [1.54, 1.807) is 30.9 Å². The van der Waals surface area contributed by atoms with Crippen molar-refractivity contribution < 1.29 is 17.6 Å². The van der Waals surface area contributed by atoms with Crippen molar-refractivity contribution >= 4 is 33.8 Å². The normalized spacial score (nSPS) is 18.4. The second-order valence-corrected chi connectivity index (χ2v) is 7.68. The Morgan fingerprint density at radius 2 is 2.00 bits per heavy atom. The Balaban J connectivity index is 1.95. The fourth-order valence-electron chi connectivity index (χ4n) is 3.07. The van der Waals surface area contributed by atoms with Crippen LogP contribution < -0.4 is 10.0 Å². The number of rotatable bonds is 3. The minimum atomic E-state index is -3.81. The molecule has 0 bridgehead atoms. The molecule has 8 nitrogen and oxygen atoms in total. The number of nitrogens with two attached hydrogens (primary N) is 1. The highest BCUT2D eigenvalue weighted by molar-refractivity contribution is 7.89. The number of aryl methyl sites for hydroxylation is 2. The standard InChI is InChI=1S/C14H16N4O4S2/c1-7-3-10(4-8(2)12(7)24(15,20)21)18-6-9(5-11(18)19)13-16-17-14(23)22-13/h3-4,9H,5-6H2,1-2H3,(H,17,23)(H2,15,20,21). The Labute approximate surface area is 143 Å². The first-order chi connectivity index (χ1) is 11.2. The lowest BCUT2D eigenvalue weighted by molar-refractivity contribution is -0.117. The van der Waals surface area contributed by atoms with Gasteiger partial charge in [-0.1, -0.05) is 0 Å². The first-order valence-corrected chi connectivity index (χ1v) is 9.12. The number of carbonyl (C=O) groups is 1. The lowest BCUT2D eigenvalue weighted by atomic mass is 10.1. The quantitative estimate of drug-likeness (QED) is 0.792. The smallest absolute Gasteiger partial charge is 0.284 e. The molecule has 0 spiro atoms. The van der Waals surface area contributed by atoms with Crippen molar-refractivity contribution in [3.05, 3.63) is 34.0 Å². The molecule has 3 rings (SSSR count). The molecule has 1 aliphatic rings. The van der Waals surface area contributed by atoms with Crippen molar-refractivity contribution in [2.75, 3.05) is 11.4 Å². The summed E-state index contributed by atoms with van der Waals surface area (Å²) in [6, 6.07) is 3.29. The molecular weight excluding hydrogens is 352 g/mol. The summed E-state index contributed by atoms with van der Waals surface area (Å²) in [4.78, 5) is 14.2. The van der Waals surface area contributed by atoms with Gasteiger partial charge in [0.05, 0.1) is 10.8 Å². The monoisotopic (exact) mass is 368 g/mol. The molecule has 1 aromatic carbocycles. The molecule has 128 valence electrons. The number of aromatic nitrogens is 2. The molecule has 1 aromatic heterocycles. The summed E-state index contributed by atoms with van der Waals surface area (Å²) in [5.74, 6) is 0.0979. The first kappa shape index (κ1) is 16.8. The number of nitrogens with zero attached hydrogens (tertiary/aromatic N) is 2. The second-order valence-electron chi connectivity index (χ2n) is 5.81. The van der Waals surface area contributed by atoms with E-state index in [1.807, 2.05) is 0 Å². The van der Waals surface area contributed by atoms with Crippen LogP contribution in [0.15, 0.2) is 21.4 Å². The van der Waals surface area contributed by atoms with Gasteiger partial charge in [0.1, 0.15) is 0 Å². The molecule has 0 saturated carbocycles. The maximum absolute atomic E-state index is 12.3. The number of aromatic amines is 1. The fraction of sp³-hybridized carbons (Fsp3) is 0.357. The number of hydrogen-bond donors (Lipinski definition) is 2. The number of sulfonamides is 1. The minimum absolute atomic E-state index is 0.0903. The third kappa shape index (κ3) is 2.99. The highest BCUT2D eigenvalue weighted by Gasteiger charge is 2.35. The number of anilines is 1. The van der Waals surface area contributed by atoms with Crippen molar-refractivity contribution in [2.45, 2.75) is 31.1 Å².